The molecule has 0 radical (unpaired) electrons. The molecule has 0 bridgehead atoms. The van der Waals surface area contributed by atoms with Gasteiger partial charge in [-0.1, -0.05) is 10.3 Å². The molecule has 0 saturated carbocycles. The average Bonchev–Trinajstić information content (AvgIpc) is 2.96. The molecular weight excluding hydrogens is 497 g/mol. The van der Waals surface area contributed by atoms with Gasteiger partial charge in [0.2, 0.25) is 0 Å². The van der Waals surface area contributed by atoms with Crippen LogP contribution in [0.3, 0.4) is 0 Å². The van der Waals surface area contributed by atoms with Crippen molar-refractivity contribution in [2.24, 2.45) is 0 Å². The van der Waals surface area contributed by atoms with Gasteiger partial charge in [0.25, 0.3) is 5.88 Å². The molecule has 0 amide bonds. The van der Waals surface area contributed by atoms with Crippen LogP contribution < -0.4 is 5.32 Å². The first-order valence-corrected chi connectivity index (χ1v) is 8.56. The minimum absolute atomic E-state index is 0.0603. The zero-order valence-corrected chi connectivity index (χ0v) is 15.9. The van der Waals surface area contributed by atoms with Crippen molar-refractivity contribution in [3.8, 4) is 11.6 Å². The minimum Gasteiger partial charge on any atom is -0.491 e. The summed E-state index contributed by atoms with van der Waals surface area (Å²) in [4.78, 5) is 0. The summed E-state index contributed by atoms with van der Waals surface area (Å²) in [6.07, 6.45) is 1.20. The quantitative estimate of drug-likeness (QED) is 0.400. The van der Waals surface area contributed by atoms with Crippen LogP contribution in [-0.4, -0.2) is 20.1 Å². The topological polar surface area (TPSA) is 63.0 Å². The zero-order chi connectivity index (χ0) is 17.4. The van der Waals surface area contributed by atoms with E-state index in [9.17, 15) is 13.9 Å². The van der Waals surface area contributed by atoms with Gasteiger partial charge in [0, 0.05) is 9.26 Å². The van der Waals surface area contributed by atoms with Crippen LogP contribution in [-0.2, 0) is 0 Å². The van der Waals surface area contributed by atoms with Crippen LogP contribution in [0, 0.1) is 22.1 Å². The smallest absolute Gasteiger partial charge is 0.251 e. The Labute approximate surface area is 158 Å². The Morgan fingerprint density at radius 1 is 1.25 bits per heavy atom. The highest BCUT2D eigenvalue weighted by Crippen LogP contribution is 2.34. The molecule has 1 aromatic heterocycles. The second-order valence-corrected chi connectivity index (χ2v) is 7.09. The van der Waals surface area contributed by atoms with Crippen molar-refractivity contribution in [2.75, 3.05) is 5.32 Å². The molecule has 0 aliphatic rings. The summed E-state index contributed by atoms with van der Waals surface area (Å²) in [5.41, 5.74) is 1.59. The number of nitrogens with one attached hydrogen (secondary N) is 1. The Bertz CT molecular complexity index is 932. The number of hydrogen-bond acceptors (Lipinski definition) is 4. The number of aromatic hydroxyl groups is 1. The van der Waals surface area contributed by atoms with Crippen molar-refractivity contribution in [3.05, 3.63) is 55.7 Å². The van der Waals surface area contributed by atoms with Gasteiger partial charge in [0.15, 0.2) is 11.6 Å². The van der Waals surface area contributed by atoms with Crippen molar-refractivity contribution in [1.82, 2.24) is 15.0 Å². The van der Waals surface area contributed by atoms with Crippen molar-refractivity contribution < 1.29 is 13.9 Å². The van der Waals surface area contributed by atoms with E-state index in [4.69, 9.17) is 0 Å². The van der Waals surface area contributed by atoms with Gasteiger partial charge < -0.3 is 10.4 Å². The molecule has 0 atom stereocenters. The number of benzene rings is 2. The number of hydrogen-bond donors (Lipinski definition) is 2. The largest absolute Gasteiger partial charge is 0.491 e. The molecule has 24 heavy (non-hydrogen) atoms. The molecule has 124 valence electrons. The molecule has 0 fully saturated rings. The molecule has 0 spiro atoms. The maximum Gasteiger partial charge on any atom is 0.251 e. The van der Waals surface area contributed by atoms with E-state index >= 15 is 0 Å². The van der Waals surface area contributed by atoms with Gasteiger partial charge in [-0.25, -0.2) is 13.5 Å². The standard InChI is InChI=1S/C15H10BrF2IN4O/c1-7-4-8(19)2-3-10(7)20-15-11(23-6-12(24)21-22-23)5-9(16)13(17)14(15)18/h2-6,20,24H,1H3. The first-order chi connectivity index (χ1) is 11.4. The summed E-state index contributed by atoms with van der Waals surface area (Å²) in [5, 5.41) is 19.4. The Kier molecular flexibility index (Phi) is 4.72. The highest BCUT2D eigenvalue weighted by molar-refractivity contribution is 14.1. The molecule has 2 N–H and O–H groups in total. The second-order valence-electron chi connectivity index (χ2n) is 4.99. The Balaban J connectivity index is 2.16. The van der Waals surface area contributed by atoms with Crippen LogP contribution in [0.4, 0.5) is 20.2 Å². The third kappa shape index (κ3) is 3.22. The SMILES string of the molecule is Cc1cc(I)ccc1Nc1c(-n2cc(O)nn2)cc(Br)c(F)c1F. The van der Waals surface area contributed by atoms with E-state index in [1.54, 1.807) is 6.07 Å². The van der Waals surface area contributed by atoms with E-state index < -0.39 is 11.6 Å². The van der Waals surface area contributed by atoms with Crippen LogP contribution in [0.25, 0.3) is 5.69 Å². The van der Waals surface area contributed by atoms with Gasteiger partial charge in [-0.15, -0.1) is 0 Å². The lowest BCUT2D eigenvalue weighted by molar-refractivity contribution is 0.452. The maximum atomic E-state index is 14.5. The van der Waals surface area contributed by atoms with Crippen molar-refractivity contribution >= 4 is 49.9 Å². The lowest BCUT2D eigenvalue weighted by Crippen LogP contribution is -2.07. The lowest BCUT2D eigenvalue weighted by Gasteiger charge is -2.16. The number of aromatic nitrogens is 3. The fraction of sp³-hybridized carbons (Fsp3) is 0.0667. The van der Waals surface area contributed by atoms with Gasteiger partial charge >= 0.3 is 0 Å². The van der Waals surface area contributed by atoms with Crippen LogP contribution in [0.15, 0.2) is 34.9 Å². The zero-order valence-electron chi connectivity index (χ0n) is 12.2. The molecular formula is C15H10BrF2IN4O. The van der Waals surface area contributed by atoms with E-state index in [0.717, 1.165) is 13.8 Å². The highest BCUT2D eigenvalue weighted by Gasteiger charge is 2.20. The summed E-state index contributed by atoms with van der Waals surface area (Å²) in [7, 11) is 0. The molecule has 0 saturated heterocycles. The summed E-state index contributed by atoms with van der Waals surface area (Å²) < 4.78 is 30.6. The Hall–Kier alpha value is -1.75. The first kappa shape index (κ1) is 17.1. The molecule has 0 aliphatic heterocycles. The van der Waals surface area contributed by atoms with E-state index in [-0.39, 0.29) is 21.7 Å². The fourth-order valence-corrected chi connectivity index (χ4v) is 3.19. The van der Waals surface area contributed by atoms with Crippen LogP contribution in [0.5, 0.6) is 5.88 Å². The van der Waals surface area contributed by atoms with Gasteiger partial charge in [-0.3, -0.25) is 0 Å². The fourth-order valence-electron chi connectivity index (χ4n) is 2.16. The molecule has 3 rings (SSSR count). The summed E-state index contributed by atoms with van der Waals surface area (Å²) in [6, 6.07) is 6.90. The molecule has 9 heteroatoms. The number of rotatable bonds is 3. The number of nitrogens with zero attached hydrogens (tertiary/aromatic N) is 3. The average molecular weight is 507 g/mol. The van der Waals surface area contributed by atoms with Crippen LogP contribution >= 0.6 is 38.5 Å². The predicted octanol–water partition coefficient (Wildman–Crippen LogP) is 4.67. The van der Waals surface area contributed by atoms with Crippen LogP contribution in [0.2, 0.25) is 0 Å². The molecule has 5 nitrogen and oxygen atoms in total. The maximum absolute atomic E-state index is 14.5. The van der Waals surface area contributed by atoms with E-state index in [1.165, 1.54) is 12.3 Å². The Morgan fingerprint density at radius 2 is 2.00 bits per heavy atom. The molecule has 2 aromatic carbocycles. The van der Waals surface area contributed by atoms with E-state index in [2.05, 4.69) is 54.1 Å². The summed E-state index contributed by atoms with van der Waals surface area (Å²) in [5.74, 6) is -2.41. The minimum atomic E-state index is -1.06. The Morgan fingerprint density at radius 3 is 2.62 bits per heavy atom. The van der Waals surface area contributed by atoms with Crippen molar-refractivity contribution in [3.63, 3.8) is 0 Å². The van der Waals surface area contributed by atoms with E-state index in [0.29, 0.717) is 5.69 Å². The highest BCUT2D eigenvalue weighted by atomic mass is 127. The van der Waals surface area contributed by atoms with Gasteiger partial charge in [0.05, 0.1) is 16.4 Å². The molecule has 3 aromatic rings. The third-order valence-corrected chi connectivity index (χ3v) is 4.57. The monoisotopic (exact) mass is 506 g/mol. The van der Waals surface area contributed by atoms with E-state index in [1.807, 2.05) is 19.1 Å². The first-order valence-electron chi connectivity index (χ1n) is 6.69. The summed E-state index contributed by atoms with van der Waals surface area (Å²) in [6.45, 7) is 1.86. The predicted molar refractivity (Wildman–Crippen MR) is 97.8 cm³/mol. The number of aryl methyl sites for hydroxylation is 1. The normalized spacial score (nSPS) is 10.9. The third-order valence-electron chi connectivity index (χ3n) is 3.32. The van der Waals surface area contributed by atoms with Gasteiger partial charge in [0.1, 0.15) is 5.69 Å². The van der Waals surface area contributed by atoms with Crippen molar-refractivity contribution in [2.45, 2.75) is 6.92 Å². The number of halogens is 4. The second kappa shape index (κ2) is 6.63. The van der Waals surface area contributed by atoms with Crippen molar-refractivity contribution in [1.29, 1.82) is 0 Å². The molecule has 0 unspecified atom stereocenters. The van der Waals surface area contributed by atoms with Crippen LogP contribution in [0.1, 0.15) is 5.56 Å². The molecule has 0 aliphatic carbocycles. The lowest BCUT2D eigenvalue weighted by atomic mass is 10.1. The molecule has 1 heterocycles. The van der Waals surface area contributed by atoms with Gasteiger partial charge in [-0.2, -0.15) is 0 Å². The van der Waals surface area contributed by atoms with Gasteiger partial charge in [-0.05, 0) is 75.3 Å². The number of anilines is 2. The summed E-state index contributed by atoms with van der Waals surface area (Å²) >= 11 is 5.15.